The third kappa shape index (κ3) is 5.32. The number of rotatable bonds is 9. The fourth-order valence-electron chi connectivity index (χ4n) is 3.67. The molecule has 0 radical (unpaired) electrons. The second-order valence-corrected chi connectivity index (χ2v) is 12.9. The number of carboxylic acids is 1. The van der Waals surface area contributed by atoms with Crippen LogP contribution >= 0.6 is 15.9 Å². The first-order valence-electron chi connectivity index (χ1n) is 9.45. The number of aliphatic carboxylic acids is 1. The molecule has 0 saturated carbocycles. The molecule has 2 aromatic carbocycles. The van der Waals surface area contributed by atoms with E-state index in [1.165, 1.54) is 0 Å². The fourth-order valence-corrected chi connectivity index (χ4v) is 9.01. The van der Waals surface area contributed by atoms with Gasteiger partial charge in [0.05, 0.1) is 18.6 Å². The molecular weight excluding hydrogens is 436 g/mol. The molecule has 4 nitrogen and oxygen atoms in total. The predicted molar refractivity (Wildman–Crippen MR) is 119 cm³/mol. The Hall–Kier alpha value is -1.47. The third-order valence-electron chi connectivity index (χ3n) is 4.88. The molecule has 0 heterocycles. The van der Waals surface area contributed by atoms with Crippen molar-refractivity contribution in [2.45, 2.75) is 50.9 Å². The van der Waals surface area contributed by atoms with Gasteiger partial charge in [-0.25, -0.2) is 0 Å². The van der Waals surface area contributed by atoms with Crippen LogP contribution in [0.2, 0.25) is 5.04 Å². The minimum atomic E-state index is -2.73. The number of benzene rings is 2. The SMILES string of the molecule is CC(C)(C)[Si](O[C@H](CBr)C[C@@H](O)CC(=O)O)(c1ccccc1)c1ccccc1. The van der Waals surface area contributed by atoms with Crippen LogP contribution < -0.4 is 10.4 Å². The Labute approximate surface area is 176 Å². The third-order valence-corrected chi connectivity index (χ3v) is 10.7. The van der Waals surface area contributed by atoms with E-state index in [2.05, 4.69) is 61.0 Å². The van der Waals surface area contributed by atoms with Crippen LogP contribution in [-0.2, 0) is 9.22 Å². The van der Waals surface area contributed by atoms with Gasteiger partial charge in [0.2, 0.25) is 0 Å². The molecule has 0 aliphatic rings. The molecule has 6 heteroatoms. The van der Waals surface area contributed by atoms with E-state index in [0.29, 0.717) is 5.33 Å². The first-order valence-corrected chi connectivity index (χ1v) is 12.5. The van der Waals surface area contributed by atoms with E-state index in [4.69, 9.17) is 9.53 Å². The molecule has 28 heavy (non-hydrogen) atoms. The predicted octanol–water partition coefficient (Wildman–Crippen LogP) is 3.55. The molecule has 0 aliphatic heterocycles. The van der Waals surface area contributed by atoms with Crippen LogP contribution in [0, 0.1) is 0 Å². The number of halogens is 1. The maximum Gasteiger partial charge on any atom is 0.305 e. The number of aliphatic hydroxyl groups excluding tert-OH is 1. The lowest BCUT2D eigenvalue weighted by Crippen LogP contribution is -2.68. The van der Waals surface area contributed by atoms with Crippen molar-refractivity contribution in [3.05, 3.63) is 60.7 Å². The topological polar surface area (TPSA) is 66.8 Å². The van der Waals surface area contributed by atoms with Crippen molar-refractivity contribution >= 4 is 40.6 Å². The van der Waals surface area contributed by atoms with Gasteiger partial charge < -0.3 is 14.6 Å². The van der Waals surface area contributed by atoms with Gasteiger partial charge >= 0.3 is 5.97 Å². The number of hydrogen-bond acceptors (Lipinski definition) is 3. The Morgan fingerprint density at radius 1 is 1.04 bits per heavy atom. The Kier molecular flexibility index (Phi) is 8.01. The molecule has 0 aromatic heterocycles. The second kappa shape index (κ2) is 9.83. The van der Waals surface area contributed by atoms with E-state index in [1.807, 2.05) is 36.4 Å². The second-order valence-electron chi connectivity index (χ2n) is 8.04. The molecule has 2 atom stereocenters. The first-order chi connectivity index (χ1) is 13.2. The van der Waals surface area contributed by atoms with Gasteiger partial charge in [0.25, 0.3) is 8.32 Å². The van der Waals surface area contributed by atoms with E-state index in [0.717, 1.165) is 10.4 Å². The zero-order chi connectivity index (χ0) is 20.8. The Balaban J connectivity index is 2.53. The number of aliphatic hydroxyl groups is 1. The van der Waals surface area contributed by atoms with Crippen molar-refractivity contribution in [1.29, 1.82) is 0 Å². The molecule has 0 spiro atoms. The van der Waals surface area contributed by atoms with Crippen molar-refractivity contribution in [3.63, 3.8) is 0 Å². The van der Waals surface area contributed by atoms with E-state index >= 15 is 0 Å². The molecule has 0 unspecified atom stereocenters. The number of hydrogen-bond donors (Lipinski definition) is 2. The maximum atomic E-state index is 11.0. The molecular formula is C22H29BrO4Si. The first kappa shape index (κ1) is 22.8. The Morgan fingerprint density at radius 2 is 1.50 bits per heavy atom. The van der Waals surface area contributed by atoms with Gasteiger partial charge in [-0.1, -0.05) is 97.4 Å². The molecule has 152 valence electrons. The van der Waals surface area contributed by atoms with Gasteiger partial charge in [-0.2, -0.15) is 0 Å². The molecule has 2 N–H and O–H groups in total. The van der Waals surface area contributed by atoms with Crippen LogP contribution in [0.5, 0.6) is 0 Å². The van der Waals surface area contributed by atoms with E-state index in [9.17, 15) is 9.90 Å². The molecule has 0 saturated heterocycles. The Bertz CT molecular complexity index is 707. The van der Waals surface area contributed by atoms with Crippen LogP contribution in [-0.4, -0.2) is 42.0 Å². The summed E-state index contributed by atoms with van der Waals surface area (Å²) in [5, 5.41) is 21.8. The average Bonchev–Trinajstić information content (AvgIpc) is 2.65. The van der Waals surface area contributed by atoms with Gasteiger partial charge in [0, 0.05) is 5.33 Å². The Morgan fingerprint density at radius 3 is 1.86 bits per heavy atom. The lowest BCUT2D eigenvalue weighted by atomic mass is 10.1. The van der Waals surface area contributed by atoms with E-state index in [1.54, 1.807) is 0 Å². The van der Waals surface area contributed by atoms with Crippen molar-refractivity contribution < 1.29 is 19.4 Å². The van der Waals surface area contributed by atoms with Crippen molar-refractivity contribution in [3.8, 4) is 0 Å². The normalized spacial score (nSPS) is 14.5. The molecule has 2 aromatic rings. The fraction of sp³-hybridized carbons (Fsp3) is 0.409. The highest BCUT2D eigenvalue weighted by Crippen LogP contribution is 2.38. The summed E-state index contributed by atoms with van der Waals surface area (Å²) in [5.41, 5.74) is 0. The minimum Gasteiger partial charge on any atom is -0.481 e. The van der Waals surface area contributed by atoms with Gasteiger partial charge in [0.15, 0.2) is 0 Å². The smallest absolute Gasteiger partial charge is 0.305 e. The van der Waals surface area contributed by atoms with Gasteiger partial charge in [-0.15, -0.1) is 0 Å². The van der Waals surface area contributed by atoms with Gasteiger partial charge in [-0.05, 0) is 21.8 Å². The summed E-state index contributed by atoms with van der Waals surface area (Å²) in [6.45, 7) is 6.58. The van der Waals surface area contributed by atoms with Gasteiger partial charge in [0.1, 0.15) is 0 Å². The highest BCUT2D eigenvalue weighted by molar-refractivity contribution is 9.09. The number of carboxylic acid groups (broad SMARTS) is 1. The molecule has 0 fully saturated rings. The summed E-state index contributed by atoms with van der Waals surface area (Å²) in [7, 11) is -2.73. The molecule has 0 amide bonds. The summed E-state index contributed by atoms with van der Waals surface area (Å²) in [5.74, 6) is -1.01. The zero-order valence-electron chi connectivity index (χ0n) is 16.6. The van der Waals surface area contributed by atoms with E-state index in [-0.39, 0.29) is 24.0 Å². The largest absolute Gasteiger partial charge is 0.481 e. The number of carbonyl (C=O) groups is 1. The molecule has 0 bridgehead atoms. The number of alkyl halides is 1. The summed E-state index contributed by atoms with van der Waals surface area (Å²) in [6.07, 6.45) is -1.27. The zero-order valence-corrected chi connectivity index (χ0v) is 19.2. The molecule has 0 aliphatic carbocycles. The highest BCUT2D eigenvalue weighted by Gasteiger charge is 2.51. The summed E-state index contributed by atoms with van der Waals surface area (Å²) in [4.78, 5) is 11.0. The van der Waals surface area contributed by atoms with Crippen molar-refractivity contribution in [2.75, 3.05) is 5.33 Å². The van der Waals surface area contributed by atoms with E-state index < -0.39 is 20.4 Å². The average molecular weight is 465 g/mol. The quantitative estimate of drug-likeness (QED) is 0.439. The lowest BCUT2D eigenvalue weighted by Gasteiger charge is -2.45. The summed E-state index contributed by atoms with van der Waals surface area (Å²) >= 11 is 3.51. The van der Waals surface area contributed by atoms with Crippen LogP contribution in [0.4, 0.5) is 0 Å². The maximum absolute atomic E-state index is 11.0. The van der Waals surface area contributed by atoms with Crippen molar-refractivity contribution in [2.24, 2.45) is 0 Å². The van der Waals surface area contributed by atoms with Crippen LogP contribution in [0.1, 0.15) is 33.6 Å². The highest BCUT2D eigenvalue weighted by atomic mass is 79.9. The van der Waals surface area contributed by atoms with Crippen LogP contribution in [0.15, 0.2) is 60.7 Å². The lowest BCUT2D eigenvalue weighted by molar-refractivity contribution is -0.139. The van der Waals surface area contributed by atoms with Gasteiger partial charge in [-0.3, -0.25) is 4.79 Å². The van der Waals surface area contributed by atoms with Crippen LogP contribution in [0.3, 0.4) is 0 Å². The van der Waals surface area contributed by atoms with Crippen LogP contribution in [0.25, 0.3) is 0 Å². The summed E-state index contributed by atoms with van der Waals surface area (Å²) < 4.78 is 6.92. The summed E-state index contributed by atoms with van der Waals surface area (Å²) in [6, 6.07) is 20.5. The standard InChI is InChI=1S/C22H29BrO4Si/c1-22(2,3)28(19-10-6-4-7-11-19,20-12-8-5-9-13-20)27-18(16-23)14-17(24)15-21(25)26/h4-13,17-18,24H,14-16H2,1-3H3,(H,25,26)/t17-,18+/m1/s1. The monoisotopic (exact) mass is 464 g/mol. The van der Waals surface area contributed by atoms with Crippen molar-refractivity contribution in [1.82, 2.24) is 0 Å². The minimum absolute atomic E-state index is 0.173. The molecule has 2 rings (SSSR count).